The topological polar surface area (TPSA) is 303 Å². The average Bonchev–Trinajstić information content (AvgIpc) is 3.03. The van der Waals surface area contributed by atoms with Crippen LogP contribution in [0.25, 0.3) is 0 Å². The van der Waals surface area contributed by atoms with E-state index in [-0.39, 0.29) is 12.8 Å². The van der Waals surface area contributed by atoms with Crippen LogP contribution in [0.15, 0.2) is 12.2 Å². The highest BCUT2D eigenvalue weighted by molar-refractivity contribution is 7.47. The first kappa shape index (κ1) is 47.9. The Morgan fingerprint density at radius 3 is 1.69 bits per heavy atom. The van der Waals surface area contributed by atoms with E-state index in [1.54, 1.807) is 0 Å². The number of allylic oxidation sites excluding steroid dienone is 2. The van der Waals surface area contributed by atoms with Gasteiger partial charge in [0, 0.05) is 12.8 Å². The van der Waals surface area contributed by atoms with Crippen molar-refractivity contribution in [2.75, 3.05) is 13.2 Å². The van der Waals surface area contributed by atoms with Gasteiger partial charge in [-0.25, -0.2) is 13.7 Å². The van der Waals surface area contributed by atoms with E-state index in [2.05, 4.69) is 22.0 Å². The summed E-state index contributed by atoms with van der Waals surface area (Å²) in [5, 5.41) is 31.5. The van der Waals surface area contributed by atoms with Crippen LogP contribution in [0.1, 0.15) is 104 Å². The zero-order chi connectivity index (χ0) is 38.7. The maximum Gasteiger partial charge on any atom is 0.472 e. The summed E-state index contributed by atoms with van der Waals surface area (Å²) in [4.78, 5) is 72.1. The highest BCUT2D eigenvalue weighted by atomic mass is 31.2. The van der Waals surface area contributed by atoms with Gasteiger partial charge >= 0.3 is 35.4 Å². The molecule has 8 atom stereocenters. The minimum atomic E-state index is -5.58. The molecule has 0 aromatic carbocycles. The third-order valence-electron chi connectivity index (χ3n) is 7.67. The van der Waals surface area contributed by atoms with Gasteiger partial charge in [-0.1, -0.05) is 70.4 Å². The van der Waals surface area contributed by atoms with Gasteiger partial charge < -0.3 is 49.3 Å². The second-order valence-corrected chi connectivity index (χ2v) is 15.9. The number of carbonyl (C=O) groups excluding carboxylic acids is 2. The number of hydrogen-bond donors (Lipinski definition) is 8. The van der Waals surface area contributed by atoms with Crippen molar-refractivity contribution in [1.82, 2.24) is 0 Å². The summed E-state index contributed by atoms with van der Waals surface area (Å²) >= 11 is 0. The highest BCUT2D eigenvalue weighted by Gasteiger charge is 2.56. The van der Waals surface area contributed by atoms with E-state index in [1.807, 2.05) is 13.0 Å². The van der Waals surface area contributed by atoms with Gasteiger partial charge in [0.05, 0.1) is 6.61 Å². The van der Waals surface area contributed by atoms with E-state index in [0.717, 1.165) is 64.2 Å². The van der Waals surface area contributed by atoms with Crippen molar-refractivity contribution >= 4 is 35.4 Å². The normalized spacial score (nSPS) is 24.7. The van der Waals surface area contributed by atoms with Crippen molar-refractivity contribution in [2.45, 2.75) is 146 Å². The minimum Gasteiger partial charge on any atom is -0.462 e. The maximum atomic E-state index is 12.9. The zero-order valence-electron chi connectivity index (χ0n) is 28.9. The minimum absolute atomic E-state index is 0.0124. The molecule has 1 aliphatic carbocycles. The van der Waals surface area contributed by atoms with Crippen molar-refractivity contribution in [3.63, 3.8) is 0 Å². The number of esters is 2. The fraction of sp³-hybridized carbons (Fsp3) is 0.862. The Bertz CT molecular complexity index is 1190. The standard InChI is InChI=1S/C29H55O19P3/c1-3-5-7-9-11-12-14-16-18-23(31)45-21(19-43-22(30)17-15-13-10-8-6-4-2)20-44-51(41,42)48-27-24(32)25(33)28(46-49(35,36)37)29(26(27)34)47-50(38,39)40/h3,5,21,24-29,32-34H,4,6-20H2,1-2H3,(H,41,42)(H2,35,36,37)(H2,38,39,40)/b5-3+/t21-,24+,25+,26+,27-,28-,29-/m1/s1. The van der Waals surface area contributed by atoms with Gasteiger partial charge in [0.2, 0.25) is 0 Å². The molecule has 300 valence electrons. The monoisotopic (exact) mass is 800 g/mol. The van der Waals surface area contributed by atoms with Gasteiger partial charge in [-0.2, -0.15) is 0 Å². The van der Waals surface area contributed by atoms with Crippen LogP contribution in [0, 0.1) is 0 Å². The lowest BCUT2D eigenvalue weighted by molar-refractivity contribution is -0.213. The van der Waals surface area contributed by atoms with Crippen molar-refractivity contribution in [2.24, 2.45) is 0 Å². The maximum absolute atomic E-state index is 12.9. The Balaban J connectivity index is 2.93. The lowest BCUT2D eigenvalue weighted by atomic mass is 9.85. The third kappa shape index (κ3) is 21.4. The van der Waals surface area contributed by atoms with Crippen LogP contribution in [-0.4, -0.2) is 108 Å². The van der Waals surface area contributed by atoms with Crippen molar-refractivity contribution in [3.05, 3.63) is 12.2 Å². The number of aliphatic hydroxyl groups is 3. The van der Waals surface area contributed by atoms with Crippen LogP contribution in [-0.2, 0) is 50.9 Å². The molecule has 51 heavy (non-hydrogen) atoms. The van der Waals surface area contributed by atoms with Crippen molar-refractivity contribution < 1.29 is 90.6 Å². The zero-order valence-corrected chi connectivity index (χ0v) is 31.6. The van der Waals surface area contributed by atoms with Gasteiger partial charge in [0.15, 0.2) is 6.10 Å². The lowest BCUT2D eigenvalue weighted by Gasteiger charge is -2.44. The molecule has 1 aliphatic rings. The summed E-state index contributed by atoms with van der Waals surface area (Å²) in [6.45, 7) is 2.54. The third-order valence-corrected chi connectivity index (χ3v) is 9.69. The SMILES string of the molecule is C/C=C/CCCCCCCC(=O)O[C@H](COC(=O)CCCCCCCC)COP(=O)(O)O[C@@H]1[C@@H](O)[C@H](O)[C@@H](OP(=O)(O)O)[C@H](OP(=O)(O)O)[C@H]1O. The number of phosphoric ester groups is 3. The van der Waals surface area contributed by atoms with E-state index in [4.69, 9.17) is 28.3 Å². The molecular formula is C29H55O19P3. The first-order valence-corrected chi connectivity index (χ1v) is 21.5. The molecule has 0 saturated heterocycles. The fourth-order valence-corrected chi connectivity index (χ4v) is 7.21. The highest BCUT2D eigenvalue weighted by Crippen LogP contribution is 2.51. The Morgan fingerprint density at radius 1 is 0.647 bits per heavy atom. The van der Waals surface area contributed by atoms with E-state index < -0.39 is 91.3 Å². The Hall–Kier alpha value is -1.11. The Kier molecular flexibility index (Phi) is 22.9. The molecule has 0 amide bonds. The summed E-state index contributed by atoms with van der Waals surface area (Å²) in [7, 11) is -16.5. The van der Waals surface area contributed by atoms with Gasteiger partial charge in [0.1, 0.15) is 43.2 Å². The molecule has 8 N–H and O–H groups in total. The number of carbonyl (C=O) groups is 2. The van der Waals surface area contributed by atoms with Crippen LogP contribution < -0.4 is 0 Å². The van der Waals surface area contributed by atoms with Crippen LogP contribution >= 0.6 is 23.5 Å². The Morgan fingerprint density at radius 2 is 1.14 bits per heavy atom. The quantitative estimate of drug-likeness (QED) is 0.0256. The van der Waals surface area contributed by atoms with E-state index >= 15 is 0 Å². The summed E-state index contributed by atoms with van der Waals surface area (Å²) in [6, 6.07) is 0. The molecule has 1 saturated carbocycles. The summed E-state index contributed by atoms with van der Waals surface area (Å²) in [5.74, 6) is -1.33. The lowest BCUT2D eigenvalue weighted by Crippen LogP contribution is -2.65. The molecule has 1 fully saturated rings. The fourth-order valence-electron chi connectivity index (χ4n) is 5.11. The summed E-state index contributed by atoms with van der Waals surface area (Å²) < 4.78 is 64.5. The second-order valence-electron chi connectivity index (χ2n) is 12.1. The number of ether oxygens (including phenoxy) is 2. The Labute approximate surface area is 297 Å². The predicted molar refractivity (Wildman–Crippen MR) is 178 cm³/mol. The molecule has 0 aromatic rings. The van der Waals surface area contributed by atoms with Crippen LogP contribution in [0.5, 0.6) is 0 Å². The molecule has 0 aliphatic heterocycles. The van der Waals surface area contributed by atoms with E-state index in [9.17, 15) is 53.3 Å². The number of rotatable bonds is 27. The first-order chi connectivity index (χ1) is 23.8. The summed E-state index contributed by atoms with van der Waals surface area (Å²) in [5.41, 5.74) is 0. The molecule has 19 nitrogen and oxygen atoms in total. The number of unbranched alkanes of at least 4 members (excludes halogenated alkanes) is 10. The molecule has 22 heteroatoms. The van der Waals surface area contributed by atoms with E-state index in [0.29, 0.717) is 12.8 Å². The van der Waals surface area contributed by atoms with Gasteiger partial charge in [-0.3, -0.25) is 27.7 Å². The van der Waals surface area contributed by atoms with Crippen molar-refractivity contribution in [3.8, 4) is 0 Å². The largest absolute Gasteiger partial charge is 0.472 e. The number of phosphoric acid groups is 3. The number of hydrogen-bond acceptors (Lipinski definition) is 14. The average molecular weight is 801 g/mol. The molecule has 0 heterocycles. The summed E-state index contributed by atoms with van der Waals surface area (Å²) in [6.07, 6.45) is -1.70. The van der Waals surface area contributed by atoms with Crippen molar-refractivity contribution in [1.29, 1.82) is 0 Å². The van der Waals surface area contributed by atoms with Gasteiger partial charge in [-0.15, -0.1) is 0 Å². The van der Waals surface area contributed by atoms with Gasteiger partial charge in [-0.05, 0) is 32.6 Å². The smallest absolute Gasteiger partial charge is 0.462 e. The van der Waals surface area contributed by atoms with Crippen LogP contribution in [0.2, 0.25) is 0 Å². The van der Waals surface area contributed by atoms with Crippen LogP contribution in [0.4, 0.5) is 0 Å². The predicted octanol–water partition coefficient (Wildman–Crippen LogP) is 3.05. The first-order valence-electron chi connectivity index (χ1n) is 16.9. The van der Waals surface area contributed by atoms with Crippen LogP contribution in [0.3, 0.4) is 0 Å². The molecule has 1 rings (SSSR count). The van der Waals surface area contributed by atoms with E-state index in [1.165, 1.54) is 0 Å². The molecule has 1 unspecified atom stereocenters. The molecule has 0 aromatic heterocycles. The van der Waals surface area contributed by atoms with Gasteiger partial charge in [0.25, 0.3) is 0 Å². The number of aliphatic hydroxyl groups excluding tert-OH is 3. The molecule has 0 spiro atoms. The molecule has 0 bridgehead atoms. The second kappa shape index (κ2) is 24.3. The molecule has 0 radical (unpaired) electrons. The molecular weight excluding hydrogens is 745 g/mol.